The number of hydrogen-bond acceptors (Lipinski definition) is 5. The molecule has 0 aromatic carbocycles. The Kier molecular flexibility index (Phi) is 7.98. The second-order valence-electron chi connectivity index (χ2n) is 12.3. The zero-order chi connectivity index (χ0) is 24.5. The van der Waals surface area contributed by atoms with E-state index >= 15 is 0 Å². The number of aliphatic hydroxyl groups is 1. The monoisotopic (exact) mass is 475 g/mol. The minimum atomic E-state index is -0.339. The first-order valence-corrected chi connectivity index (χ1v) is 14.1. The molecule has 194 valence electrons. The van der Waals surface area contributed by atoms with Gasteiger partial charge in [-0.25, -0.2) is 4.79 Å². The van der Waals surface area contributed by atoms with E-state index in [9.17, 15) is 9.90 Å². The lowest BCUT2D eigenvalue weighted by Gasteiger charge is -2.61. The number of hydrogen-bond donors (Lipinski definition) is 2. The molecule has 4 fully saturated rings. The summed E-state index contributed by atoms with van der Waals surface area (Å²) in [5.74, 6) is 3.46. The molecule has 0 saturated heterocycles. The number of amides is 1. The smallest absolute Gasteiger partial charge is 0.393 e. The lowest BCUT2D eigenvalue weighted by Crippen LogP contribution is -2.54. The van der Waals surface area contributed by atoms with Gasteiger partial charge < -0.3 is 15.3 Å². The SMILES string of the molecule is CCNCCN(CC)C(=O)O/N=C(\C)[C@H]1CC[C@H]2[C@@H]3CC[C@@H]4C[C@H](O)CC[C@]4(C)[C@H]3CC[C@]12C. The fourth-order valence-electron chi connectivity index (χ4n) is 8.92. The van der Waals surface area contributed by atoms with Crippen molar-refractivity contribution in [1.29, 1.82) is 0 Å². The molecule has 0 aliphatic heterocycles. The Hall–Kier alpha value is -1.14. The van der Waals surface area contributed by atoms with Gasteiger partial charge in [-0.2, -0.15) is 0 Å². The van der Waals surface area contributed by atoms with Crippen LogP contribution in [0.5, 0.6) is 0 Å². The minimum absolute atomic E-state index is 0.0764. The highest BCUT2D eigenvalue weighted by molar-refractivity contribution is 5.85. The molecule has 4 rings (SSSR count). The first kappa shape index (κ1) is 25.9. The number of carbonyl (C=O) groups is 1. The highest BCUT2D eigenvalue weighted by Crippen LogP contribution is 2.67. The van der Waals surface area contributed by atoms with Crippen LogP contribution in [0.2, 0.25) is 0 Å². The van der Waals surface area contributed by atoms with Crippen LogP contribution in [-0.2, 0) is 4.84 Å². The highest BCUT2D eigenvalue weighted by atomic mass is 16.7. The molecule has 0 bridgehead atoms. The van der Waals surface area contributed by atoms with Crippen molar-refractivity contribution in [3.8, 4) is 0 Å². The van der Waals surface area contributed by atoms with E-state index in [-0.39, 0.29) is 17.6 Å². The molecule has 0 unspecified atom stereocenters. The van der Waals surface area contributed by atoms with Gasteiger partial charge in [0.1, 0.15) is 0 Å². The zero-order valence-corrected chi connectivity index (χ0v) is 22.3. The van der Waals surface area contributed by atoms with E-state index < -0.39 is 0 Å². The largest absolute Gasteiger partial charge is 0.436 e. The molecule has 0 aromatic heterocycles. The normalized spacial score (nSPS) is 41.9. The summed E-state index contributed by atoms with van der Waals surface area (Å²) in [6.07, 6.45) is 10.4. The van der Waals surface area contributed by atoms with Gasteiger partial charge >= 0.3 is 6.09 Å². The predicted octanol–water partition coefficient (Wildman–Crippen LogP) is 5.45. The van der Waals surface area contributed by atoms with Crippen LogP contribution in [0.3, 0.4) is 0 Å². The minimum Gasteiger partial charge on any atom is -0.393 e. The van der Waals surface area contributed by atoms with Crippen molar-refractivity contribution in [3.63, 3.8) is 0 Å². The van der Waals surface area contributed by atoms with Crippen LogP contribution in [0.4, 0.5) is 4.79 Å². The maximum atomic E-state index is 12.6. The molecular formula is C28H49N3O3. The summed E-state index contributed by atoms with van der Waals surface area (Å²) >= 11 is 0. The van der Waals surface area contributed by atoms with Gasteiger partial charge in [-0.1, -0.05) is 25.9 Å². The summed E-state index contributed by atoms with van der Waals surface area (Å²) in [6.45, 7) is 14.1. The van der Waals surface area contributed by atoms with E-state index in [1.165, 1.54) is 38.5 Å². The Labute approximate surface area is 207 Å². The molecule has 6 heteroatoms. The summed E-state index contributed by atoms with van der Waals surface area (Å²) in [6, 6.07) is 0. The quantitative estimate of drug-likeness (QED) is 0.222. The third-order valence-electron chi connectivity index (χ3n) is 10.9. The van der Waals surface area contributed by atoms with Crippen LogP contribution in [0.1, 0.15) is 92.4 Å². The first-order chi connectivity index (χ1) is 16.2. The van der Waals surface area contributed by atoms with Gasteiger partial charge in [0.05, 0.1) is 11.8 Å². The van der Waals surface area contributed by atoms with Crippen LogP contribution in [0.15, 0.2) is 5.16 Å². The Morgan fingerprint density at radius 1 is 1.06 bits per heavy atom. The van der Waals surface area contributed by atoms with Crippen molar-refractivity contribution in [1.82, 2.24) is 10.2 Å². The molecule has 0 heterocycles. The van der Waals surface area contributed by atoms with Crippen LogP contribution in [-0.4, -0.2) is 54.1 Å². The number of nitrogens with zero attached hydrogens (tertiary/aromatic N) is 2. The van der Waals surface area contributed by atoms with Crippen molar-refractivity contribution >= 4 is 11.8 Å². The van der Waals surface area contributed by atoms with Crippen LogP contribution < -0.4 is 5.32 Å². The number of carbonyl (C=O) groups excluding carboxylic acids is 1. The number of fused-ring (bicyclic) bond motifs is 5. The lowest BCUT2D eigenvalue weighted by molar-refractivity contribution is -0.123. The molecule has 0 aromatic rings. The Morgan fingerprint density at radius 2 is 1.79 bits per heavy atom. The topological polar surface area (TPSA) is 74.2 Å². The molecule has 4 aliphatic carbocycles. The zero-order valence-electron chi connectivity index (χ0n) is 22.3. The molecule has 2 N–H and O–H groups in total. The number of rotatable bonds is 7. The number of aliphatic hydroxyl groups excluding tert-OH is 1. The maximum Gasteiger partial charge on any atom is 0.436 e. The average Bonchev–Trinajstić information content (AvgIpc) is 3.18. The van der Waals surface area contributed by atoms with Gasteiger partial charge in [-0.05, 0) is 113 Å². The Bertz CT molecular complexity index is 757. The van der Waals surface area contributed by atoms with Crippen molar-refractivity contribution in [2.24, 2.45) is 45.6 Å². The van der Waals surface area contributed by atoms with Crippen molar-refractivity contribution < 1.29 is 14.7 Å². The maximum absolute atomic E-state index is 12.6. The van der Waals surface area contributed by atoms with Gasteiger partial charge in [-0.3, -0.25) is 4.84 Å². The fraction of sp³-hybridized carbons (Fsp3) is 0.929. The third kappa shape index (κ3) is 4.66. The highest BCUT2D eigenvalue weighted by Gasteiger charge is 2.60. The molecule has 8 atom stereocenters. The number of oxime groups is 1. The van der Waals surface area contributed by atoms with Gasteiger partial charge in [-0.15, -0.1) is 0 Å². The molecule has 0 spiro atoms. The van der Waals surface area contributed by atoms with E-state index in [4.69, 9.17) is 4.84 Å². The van der Waals surface area contributed by atoms with Crippen molar-refractivity contribution in [2.45, 2.75) is 98.5 Å². The molecule has 4 aliphatic rings. The van der Waals surface area contributed by atoms with Gasteiger partial charge in [0.25, 0.3) is 0 Å². The van der Waals surface area contributed by atoms with E-state index in [1.807, 2.05) is 6.92 Å². The third-order valence-corrected chi connectivity index (χ3v) is 10.9. The second-order valence-corrected chi connectivity index (χ2v) is 12.3. The summed E-state index contributed by atoms with van der Waals surface area (Å²) in [4.78, 5) is 19.7. The number of likely N-dealkylation sites (N-methyl/N-ethyl adjacent to an activating group) is 2. The summed E-state index contributed by atoms with van der Waals surface area (Å²) < 4.78 is 0. The summed E-state index contributed by atoms with van der Waals surface area (Å²) in [5, 5.41) is 18.0. The van der Waals surface area contributed by atoms with Crippen molar-refractivity contribution in [2.75, 3.05) is 26.2 Å². The summed E-state index contributed by atoms with van der Waals surface area (Å²) in [7, 11) is 0. The van der Waals surface area contributed by atoms with Gasteiger partial charge in [0, 0.05) is 25.6 Å². The first-order valence-electron chi connectivity index (χ1n) is 14.1. The van der Waals surface area contributed by atoms with Gasteiger partial charge in [0.2, 0.25) is 0 Å². The second kappa shape index (κ2) is 10.5. The van der Waals surface area contributed by atoms with E-state index in [0.29, 0.717) is 30.3 Å². The molecule has 34 heavy (non-hydrogen) atoms. The van der Waals surface area contributed by atoms with E-state index in [1.54, 1.807) is 4.90 Å². The molecule has 6 nitrogen and oxygen atoms in total. The standard InChI is InChI=1S/C28H49N3O3/c1-6-29-16-17-31(7-2)26(33)34-30-19(3)23-10-11-24-22-9-8-20-18-21(32)12-14-27(20,4)25(22)13-15-28(23,24)5/h20-25,29,32H,6-18H2,1-5H3/b30-19+/t20-,21-,22+,23-,24+,25+,27+,28-/m1/s1. The van der Waals surface area contributed by atoms with Crippen LogP contribution in [0.25, 0.3) is 0 Å². The van der Waals surface area contributed by atoms with Crippen LogP contribution >= 0.6 is 0 Å². The van der Waals surface area contributed by atoms with Crippen LogP contribution in [0, 0.1) is 40.4 Å². The average molecular weight is 476 g/mol. The Morgan fingerprint density at radius 3 is 2.53 bits per heavy atom. The summed E-state index contributed by atoms with van der Waals surface area (Å²) in [5.41, 5.74) is 1.67. The Balaban J connectivity index is 1.42. The van der Waals surface area contributed by atoms with E-state index in [2.05, 4.69) is 38.2 Å². The predicted molar refractivity (Wildman–Crippen MR) is 137 cm³/mol. The molecule has 0 radical (unpaired) electrons. The van der Waals surface area contributed by atoms with Crippen molar-refractivity contribution in [3.05, 3.63) is 0 Å². The van der Waals surface area contributed by atoms with Gasteiger partial charge in [0.15, 0.2) is 0 Å². The molecule has 4 saturated carbocycles. The fourth-order valence-corrected chi connectivity index (χ4v) is 8.92. The molecular weight excluding hydrogens is 426 g/mol. The van der Waals surface area contributed by atoms with E-state index in [0.717, 1.165) is 55.8 Å². The lowest BCUT2D eigenvalue weighted by atomic mass is 9.44. The number of nitrogens with one attached hydrogen (secondary N) is 1. The molecule has 1 amide bonds.